The first kappa shape index (κ1) is 13.2. The maximum Gasteiger partial charge on any atom is 0.257 e. The number of hydrogen-bond acceptors (Lipinski definition) is 2. The number of anilines is 1. The minimum atomic E-state index is -0.126. The molecule has 0 saturated carbocycles. The van der Waals surface area contributed by atoms with E-state index in [-0.39, 0.29) is 5.91 Å². The molecule has 5 heteroatoms. The lowest BCUT2D eigenvalue weighted by molar-refractivity contribution is 0.102. The molecule has 2 heterocycles. The smallest absolute Gasteiger partial charge is 0.257 e. The summed E-state index contributed by atoms with van der Waals surface area (Å²) in [7, 11) is 0. The molecule has 21 heavy (non-hydrogen) atoms. The number of nitrogens with zero attached hydrogens (tertiary/aromatic N) is 2. The molecule has 3 rings (SSSR count). The van der Waals surface area contributed by atoms with Crippen molar-refractivity contribution in [2.24, 2.45) is 0 Å². The van der Waals surface area contributed by atoms with E-state index >= 15 is 0 Å². The Balaban J connectivity index is 1.78. The lowest BCUT2D eigenvalue weighted by atomic mass is 10.2. The SMILES string of the molecule is Cc1ncn(-c2ccc(NC(=O)c3cc[nH]c3)cc2)c1C. The van der Waals surface area contributed by atoms with Crippen molar-refractivity contribution in [3.63, 3.8) is 0 Å². The molecule has 0 unspecified atom stereocenters. The Hall–Kier alpha value is -2.82. The zero-order valence-corrected chi connectivity index (χ0v) is 11.9. The highest BCUT2D eigenvalue weighted by atomic mass is 16.1. The van der Waals surface area contributed by atoms with Gasteiger partial charge in [0.25, 0.3) is 5.91 Å². The minimum absolute atomic E-state index is 0.126. The predicted octanol–water partition coefficient (Wildman–Crippen LogP) is 3.07. The zero-order valence-electron chi connectivity index (χ0n) is 11.9. The van der Waals surface area contributed by atoms with Gasteiger partial charge in [0.15, 0.2) is 0 Å². The molecule has 0 bridgehead atoms. The van der Waals surface area contributed by atoms with Crippen LogP contribution in [0.5, 0.6) is 0 Å². The summed E-state index contributed by atoms with van der Waals surface area (Å²) in [6.45, 7) is 4.02. The number of aromatic nitrogens is 3. The summed E-state index contributed by atoms with van der Waals surface area (Å²) in [5.74, 6) is -0.126. The summed E-state index contributed by atoms with van der Waals surface area (Å²) in [4.78, 5) is 19.1. The van der Waals surface area contributed by atoms with Crippen LogP contribution in [-0.2, 0) is 0 Å². The Morgan fingerprint density at radius 3 is 2.52 bits per heavy atom. The van der Waals surface area contributed by atoms with E-state index in [1.807, 2.05) is 42.7 Å². The Bertz CT molecular complexity index is 754. The quantitative estimate of drug-likeness (QED) is 0.774. The molecule has 0 fully saturated rings. The fourth-order valence-electron chi connectivity index (χ4n) is 2.13. The van der Waals surface area contributed by atoms with Gasteiger partial charge in [-0.3, -0.25) is 4.79 Å². The molecule has 0 aliphatic heterocycles. The first-order chi connectivity index (χ1) is 10.1. The first-order valence-corrected chi connectivity index (χ1v) is 6.70. The summed E-state index contributed by atoms with van der Waals surface area (Å²) in [5.41, 5.74) is 4.52. The van der Waals surface area contributed by atoms with Crippen molar-refractivity contribution >= 4 is 11.6 Å². The number of hydrogen-bond donors (Lipinski definition) is 2. The largest absolute Gasteiger partial charge is 0.367 e. The molecule has 2 N–H and O–H groups in total. The average Bonchev–Trinajstić information content (AvgIpc) is 3.12. The second-order valence-corrected chi connectivity index (χ2v) is 4.89. The lowest BCUT2D eigenvalue weighted by Gasteiger charge is -2.08. The van der Waals surface area contributed by atoms with Crippen LogP contribution in [0.3, 0.4) is 0 Å². The van der Waals surface area contributed by atoms with E-state index in [9.17, 15) is 4.79 Å². The molecule has 3 aromatic rings. The topological polar surface area (TPSA) is 62.7 Å². The highest BCUT2D eigenvalue weighted by molar-refractivity contribution is 6.04. The summed E-state index contributed by atoms with van der Waals surface area (Å²) in [6.07, 6.45) is 5.20. The number of aryl methyl sites for hydroxylation is 1. The first-order valence-electron chi connectivity index (χ1n) is 6.70. The molecular formula is C16H16N4O. The highest BCUT2D eigenvalue weighted by Crippen LogP contribution is 2.17. The van der Waals surface area contributed by atoms with E-state index in [1.165, 1.54) is 0 Å². The summed E-state index contributed by atoms with van der Waals surface area (Å²) < 4.78 is 2.02. The van der Waals surface area contributed by atoms with E-state index < -0.39 is 0 Å². The van der Waals surface area contributed by atoms with Crippen molar-refractivity contribution in [1.82, 2.24) is 14.5 Å². The second kappa shape index (κ2) is 5.28. The highest BCUT2D eigenvalue weighted by Gasteiger charge is 2.07. The van der Waals surface area contributed by atoms with Crippen molar-refractivity contribution < 1.29 is 4.79 Å². The van der Waals surface area contributed by atoms with E-state index in [0.717, 1.165) is 22.8 Å². The van der Waals surface area contributed by atoms with Crippen LogP contribution in [0.25, 0.3) is 5.69 Å². The van der Waals surface area contributed by atoms with Gasteiger partial charge in [0.05, 0.1) is 17.6 Å². The minimum Gasteiger partial charge on any atom is -0.367 e. The summed E-state index contributed by atoms with van der Waals surface area (Å²) in [5, 5.41) is 2.86. The molecule has 0 aliphatic rings. The molecule has 0 atom stereocenters. The van der Waals surface area contributed by atoms with Gasteiger partial charge in [0.1, 0.15) is 0 Å². The maximum absolute atomic E-state index is 11.9. The van der Waals surface area contributed by atoms with Crippen molar-refractivity contribution in [1.29, 1.82) is 0 Å². The third-order valence-corrected chi connectivity index (χ3v) is 3.52. The van der Waals surface area contributed by atoms with Crippen LogP contribution in [0.4, 0.5) is 5.69 Å². The summed E-state index contributed by atoms with van der Waals surface area (Å²) in [6, 6.07) is 9.42. The number of imidazole rings is 1. The molecule has 2 aromatic heterocycles. The van der Waals surface area contributed by atoms with Crippen LogP contribution in [0.1, 0.15) is 21.7 Å². The monoisotopic (exact) mass is 280 g/mol. The summed E-state index contributed by atoms with van der Waals surface area (Å²) >= 11 is 0. The van der Waals surface area contributed by atoms with Crippen LogP contribution in [0.2, 0.25) is 0 Å². The van der Waals surface area contributed by atoms with Gasteiger partial charge in [-0.25, -0.2) is 4.98 Å². The number of amides is 1. The molecule has 1 aromatic carbocycles. The molecule has 0 spiro atoms. The molecule has 0 saturated heterocycles. The van der Waals surface area contributed by atoms with Gasteiger partial charge in [-0.05, 0) is 44.2 Å². The molecular weight excluding hydrogens is 264 g/mol. The Kier molecular flexibility index (Phi) is 3.31. The second-order valence-electron chi connectivity index (χ2n) is 4.89. The van der Waals surface area contributed by atoms with Crippen molar-refractivity contribution in [3.8, 4) is 5.69 Å². The van der Waals surface area contributed by atoms with Crippen LogP contribution >= 0.6 is 0 Å². The van der Waals surface area contributed by atoms with Crippen LogP contribution in [0.15, 0.2) is 49.1 Å². The number of rotatable bonds is 3. The number of carbonyl (C=O) groups excluding carboxylic acids is 1. The van der Waals surface area contributed by atoms with Gasteiger partial charge in [-0.15, -0.1) is 0 Å². The zero-order chi connectivity index (χ0) is 14.8. The van der Waals surface area contributed by atoms with Crippen LogP contribution < -0.4 is 5.32 Å². The molecule has 0 aliphatic carbocycles. The normalized spacial score (nSPS) is 10.6. The Morgan fingerprint density at radius 1 is 1.19 bits per heavy atom. The third kappa shape index (κ3) is 2.58. The van der Waals surface area contributed by atoms with Gasteiger partial charge in [-0.1, -0.05) is 0 Å². The number of aromatic amines is 1. The van der Waals surface area contributed by atoms with Crippen LogP contribution in [-0.4, -0.2) is 20.4 Å². The third-order valence-electron chi connectivity index (χ3n) is 3.52. The van der Waals surface area contributed by atoms with Crippen LogP contribution in [0, 0.1) is 13.8 Å². The van der Waals surface area contributed by atoms with Gasteiger partial charge >= 0.3 is 0 Å². The molecule has 5 nitrogen and oxygen atoms in total. The standard InChI is InChI=1S/C16H16N4O/c1-11-12(2)20(10-18-11)15-5-3-14(4-6-15)19-16(21)13-7-8-17-9-13/h3-10,17H,1-2H3,(H,19,21). The van der Waals surface area contributed by atoms with Gasteiger partial charge < -0.3 is 14.9 Å². The molecule has 0 radical (unpaired) electrons. The van der Waals surface area contributed by atoms with Gasteiger partial charge in [0, 0.05) is 29.5 Å². The Morgan fingerprint density at radius 2 is 1.95 bits per heavy atom. The molecule has 1 amide bonds. The lowest BCUT2D eigenvalue weighted by Crippen LogP contribution is -2.10. The van der Waals surface area contributed by atoms with Crippen molar-refractivity contribution in [2.45, 2.75) is 13.8 Å². The Labute approximate surface area is 122 Å². The number of carbonyl (C=O) groups is 1. The van der Waals surface area contributed by atoms with E-state index in [2.05, 4.69) is 15.3 Å². The van der Waals surface area contributed by atoms with E-state index in [1.54, 1.807) is 24.8 Å². The number of nitrogens with one attached hydrogen (secondary N) is 2. The predicted molar refractivity (Wildman–Crippen MR) is 81.8 cm³/mol. The van der Waals surface area contributed by atoms with Crippen molar-refractivity contribution in [3.05, 3.63) is 66.0 Å². The fraction of sp³-hybridized carbons (Fsp3) is 0.125. The maximum atomic E-state index is 11.9. The fourth-order valence-corrected chi connectivity index (χ4v) is 2.13. The number of H-pyrrole nitrogens is 1. The van der Waals surface area contributed by atoms with Crippen molar-refractivity contribution in [2.75, 3.05) is 5.32 Å². The average molecular weight is 280 g/mol. The van der Waals surface area contributed by atoms with E-state index in [4.69, 9.17) is 0 Å². The van der Waals surface area contributed by atoms with E-state index in [0.29, 0.717) is 5.56 Å². The van der Waals surface area contributed by atoms with Gasteiger partial charge in [0.2, 0.25) is 0 Å². The van der Waals surface area contributed by atoms with Gasteiger partial charge in [-0.2, -0.15) is 0 Å². The number of benzene rings is 1. The molecule has 106 valence electrons.